The van der Waals surface area contributed by atoms with E-state index in [1.165, 1.54) is 12.8 Å². The van der Waals surface area contributed by atoms with Crippen molar-refractivity contribution < 1.29 is 14.7 Å². The first-order valence-corrected chi connectivity index (χ1v) is 9.09. The number of hydrogen-bond acceptors (Lipinski definition) is 3. The van der Waals surface area contributed by atoms with Crippen LogP contribution in [0.15, 0.2) is 11.6 Å². The van der Waals surface area contributed by atoms with Gasteiger partial charge in [0.15, 0.2) is 0 Å². The molecule has 3 aliphatic carbocycles. The molecule has 0 heterocycles. The summed E-state index contributed by atoms with van der Waals surface area (Å²) in [5, 5.41) is 10.8. The first-order chi connectivity index (χ1) is 10.8. The van der Waals surface area contributed by atoms with Crippen molar-refractivity contribution >= 4 is 12.6 Å². The maximum atomic E-state index is 12.2. The Labute approximate surface area is 139 Å². The minimum atomic E-state index is -0.730. The quantitative estimate of drug-likeness (QED) is 0.790. The Morgan fingerprint density at radius 2 is 1.87 bits per heavy atom. The Kier molecular flexibility index (Phi) is 4.07. The second-order valence-corrected chi connectivity index (χ2v) is 9.07. The molecule has 3 nitrogen and oxygen atoms in total. The number of carbonyl (C=O) groups excluding carboxylic acids is 2. The van der Waals surface area contributed by atoms with Gasteiger partial charge in [-0.25, -0.2) is 0 Å². The topological polar surface area (TPSA) is 54.4 Å². The Bertz CT molecular complexity index is 535. The summed E-state index contributed by atoms with van der Waals surface area (Å²) in [5.41, 5.74) is 0.330. The second kappa shape index (κ2) is 5.54. The van der Waals surface area contributed by atoms with Gasteiger partial charge in [0.25, 0.3) is 0 Å². The van der Waals surface area contributed by atoms with Crippen LogP contribution in [0.2, 0.25) is 0 Å². The summed E-state index contributed by atoms with van der Waals surface area (Å²) in [4.78, 5) is 23.4. The van der Waals surface area contributed by atoms with E-state index in [1.807, 2.05) is 6.08 Å². The van der Waals surface area contributed by atoms with Crippen molar-refractivity contribution in [2.45, 2.75) is 71.8 Å². The van der Waals surface area contributed by atoms with E-state index in [0.717, 1.165) is 38.3 Å². The molecular weight excluding hydrogens is 288 g/mol. The molecule has 3 rings (SSSR count). The molecule has 3 heteroatoms. The minimum Gasteiger partial charge on any atom is -0.392 e. The summed E-state index contributed by atoms with van der Waals surface area (Å²) >= 11 is 0. The molecule has 23 heavy (non-hydrogen) atoms. The third-order valence-corrected chi connectivity index (χ3v) is 7.62. The number of aliphatic hydroxyl groups is 1. The van der Waals surface area contributed by atoms with Gasteiger partial charge < -0.3 is 9.90 Å². The lowest BCUT2D eigenvalue weighted by Crippen LogP contribution is -2.59. The number of hydrogen-bond donors (Lipinski definition) is 1. The van der Waals surface area contributed by atoms with Crippen LogP contribution in [0, 0.1) is 28.1 Å². The van der Waals surface area contributed by atoms with Gasteiger partial charge in [0.05, 0.1) is 11.5 Å². The van der Waals surface area contributed by atoms with Crippen molar-refractivity contribution in [3.63, 3.8) is 0 Å². The molecule has 3 aliphatic rings. The lowest BCUT2D eigenvalue weighted by molar-refractivity contribution is -0.170. The van der Waals surface area contributed by atoms with E-state index in [2.05, 4.69) is 20.8 Å². The number of carbonyl (C=O) groups is 2. The molecule has 2 fully saturated rings. The van der Waals surface area contributed by atoms with Crippen molar-refractivity contribution in [3.8, 4) is 0 Å². The zero-order valence-electron chi connectivity index (χ0n) is 14.7. The first kappa shape index (κ1) is 16.9. The molecule has 0 amide bonds. The van der Waals surface area contributed by atoms with Crippen LogP contribution in [-0.4, -0.2) is 23.8 Å². The molecule has 0 aromatic heterocycles. The number of aldehydes is 2. The summed E-state index contributed by atoms with van der Waals surface area (Å²) in [6.07, 6.45) is 9.52. The summed E-state index contributed by atoms with van der Waals surface area (Å²) < 4.78 is 0. The van der Waals surface area contributed by atoms with E-state index < -0.39 is 11.5 Å². The third kappa shape index (κ3) is 2.34. The van der Waals surface area contributed by atoms with Gasteiger partial charge >= 0.3 is 0 Å². The Hall–Kier alpha value is -0.960. The average molecular weight is 318 g/mol. The molecule has 0 spiro atoms. The molecule has 5 atom stereocenters. The van der Waals surface area contributed by atoms with Crippen LogP contribution in [0.5, 0.6) is 0 Å². The largest absolute Gasteiger partial charge is 0.392 e. The van der Waals surface area contributed by atoms with Crippen LogP contribution in [0.1, 0.15) is 65.7 Å². The molecule has 0 bridgehead atoms. The highest BCUT2D eigenvalue weighted by atomic mass is 16.3. The summed E-state index contributed by atoms with van der Waals surface area (Å²) in [7, 11) is 0. The van der Waals surface area contributed by atoms with E-state index in [9.17, 15) is 14.7 Å². The maximum Gasteiger partial charge on any atom is 0.145 e. The standard InChI is InChI=1S/C20H30O3/c1-18(2)8-4-9-19(3)15(18)7-10-20(13-22)16(19)6-5-14(12-21)11-17(20)23/h5,12-13,15-17,23H,4,6-11H2,1-3H3/t15-,16+,17+,19-,20-/m0/s1. The van der Waals surface area contributed by atoms with Crippen LogP contribution < -0.4 is 0 Å². The van der Waals surface area contributed by atoms with E-state index in [0.29, 0.717) is 17.9 Å². The van der Waals surface area contributed by atoms with Gasteiger partial charge in [-0.05, 0) is 60.3 Å². The highest BCUT2D eigenvalue weighted by Crippen LogP contribution is 2.66. The fourth-order valence-corrected chi connectivity index (χ4v) is 6.46. The fourth-order valence-electron chi connectivity index (χ4n) is 6.46. The Balaban J connectivity index is 2.08. The SMILES string of the molecule is CC1(C)CCC[C@]2(C)[C@H]3CC=C(C=O)C[C@@H](O)[C@]3(C=O)CC[C@@H]12. The predicted molar refractivity (Wildman–Crippen MR) is 89.8 cm³/mol. The zero-order chi connectivity index (χ0) is 16.9. The Morgan fingerprint density at radius 3 is 2.52 bits per heavy atom. The van der Waals surface area contributed by atoms with Gasteiger partial charge in [0.2, 0.25) is 0 Å². The zero-order valence-corrected chi connectivity index (χ0v) is 14.7. The third-order valence-electron chi connectivity index (χ3n) is 7.62. The molecular formula is C20H30O3. The molecule has 0 aromatic rings. The van der Waals surface area contributed by atoms with Crippen LogP contribution in [0.4, 0.5) is 0 Å². The fraction of sp³-hybridized carbons (Fsp3) is 0.800. The van der Waals surface area contributed by atoms with Crippen LogP contribution in [0.3, 0.4) is 0 Å². The van der Waals surface area contributed by atoms with E-state index in [-0.39, 0.29) is 16.7 Å². The molecule has 0 radical (unpaired) electrons. The molecule has 2 saturated carbocycles. The summed E-state index contributed by atoms with van der Waals surface area (Å²) in [6, 6.07) is 0. The number of fused-ring (bicyclic) bond motifs is 3. The Morgan fingerprint density at radius 1 is 1.13 bits per heavy atom. The van der Waals surface area contributed by atoms with Gasteiger partial charge in [-0.15, -0.1) is 0 Å². The first-order valence-electron chi connectivity index (χ1n) is 9.09. The van der Waals surface area contributed by atoms with Gasteiger partial charge in [-0.2, -0.15) is 0 Å². The van der Waals surface area contributed by atoms with Gasteiger partial charge in [0.1, 0.15) is 12.6 Å². The molecule has 0 aliphatic heterocycles. The highest BCUT2D eigenvalue weighted by molar-refractivity contribution is 5.74. The van der Waals surface area contributed by atoms with Crippen LogP contribution in [-0.2, 0) is 9.59 Å². The lowest BCUT2D eigenvalue weighted by Gasteiger charge is -2.62. The average Bonchev–Trinajstić information content (AvgIpc) is 2.64. The van der Waals surface area contributed by atoms with Crippen LogP contribution in [0.25, 0.3) is 0 Å². The van der Waals surface area contributed by atoms with Gasteiger partial charge in [0, 0.05) is 6.42 Å². The van der Waals surface area contributed by atoms with E-state index in [1.54, 1.807) is 0 Å². The van der Waals surface area contributed by atoms with Crippen molar-refractivity contribution in [3.05, 3.63) is 11.6 Å². The molecule has 0 saturated heterocycles. The maximum absolute atomic E-state index is 12.2. The summed E-state index contributed by atoms with van der Waals surface area (Å²) in [6.45, 7) is 7.07. The predicted octanol–water partition coefficient (Wildman–Crippen LogP) is 3.69. The van der Waals surface area contributed by atoms with Crippen molar-refractivity contribution in [1.82, 2.24) is 0 Å². The number of aliphatic hydroxyl groups excluding tert-OH is 1. The number of rotatable bonds is 2. The van der Waals surface area contributed by atoms with Gasteiger partial charge in [-0.3, -0.25) is 4.79 Å². The van der Waals surface area contributed by atoms with Crippen molar-refractivity contribution in [2.24, 2.45) is 28.1 Å². The smallest absolute Gasteiger partial charge is 0.145 e. The molecule has 128 valence electrons. The van der Waals surface area contributed by atoms with Crippen LogP contribution >= 0.6 is 0 Å². The second-order valence-electron chi connectivity index (χ2n) is 9.07. The minimum absolute atomic E-state index is 0.0662. The van der Waals surface area contributed by atoms with Gasteiger partial charge in [-0.1, -0.05) is 33.3 Å². The lowest BCUT2D eigenvalue weighted by atomic mass is 9.42. The monoisotopic (exact) mass is 318 g/mol. The molecule has 1 N–H and O–H groups in total. The summed E-state index contributed by atoms with van der Waals surface area (Å²) in [5.74, 6) is 0.721. The van der Waals surface area contributed by atoms with Crippen molar-refractivity contribution in [1.29, 1.82) is 0 Å². The van der Waals surface area contributed by atoms with E-state index >= 15 is 0 Å². The molecule has 0 unspecified atom stereocenters. The molecule has 0 aromatic carbocycles. The van der Waals surface area contributed by atoms with Crippen molar-refractivity contribution in [2.75, 3.05) is 0 Å². The van der Waals surface area contributed by atoms with E-state index in [4.69, 9.17) is 0 Å². The normalized spacial score (nSPS) is 45.9. The number of allylic oxidation sites excluding steroid dienone is 1. The highest BCUT2D eigenvalue weighted by Gasteiger charge is 2.61.